The van der Waals surface area contributed by atoms with E-state index in [4.69, 9.17) is 30.5 Å². The highest BCUT2D eigenvalue weighted by atomic mass is 35.5. The maximum atomic E-state index is 14.0. The van der Waals surface area contributed by atoms with Crippen molar-refractivity contribution in [2.75, 3.05) is 14.2 Å². The molecule has 0 aliphatic carbocycles. The molecule has 3 heterocycles. The first kappa shape index (κ1) is 30.2. The maximum Gasteiger partial charge on any atom is 0.167 e. The largest absolute Gasteiger partial charge is 0.494 e. The second kappa shape index (κ2) is 12.0. The van der Waals surface area contributed by atoms with Crippen LogP contribution in [0.5, 0.6) is 11.5 Å². The first-order valence-electron chi connectivity index (χ1n) is 13.0. The van der Waals surface area contributed by atoms with Crippen LogP contribution in [-0.2, 0) is 25.1 Å². The quantitative estimate of drug-likeness (QED) is 0.305. The van der Waals surface area contributed by atoms with E-state index < -0.39 is 33.0 Å². The number of ether oxygens (including phenoxy) is 4. The van der Waals surface area contributed by atoms with Gasteiger partial charge in [0.2, 0.25) is 0 Å². The van der Waals surface area contributed by atoms with Gasteiger partial charge in [-0.1, -0.05) is 17.7 Å². The van der Waals surface area contributed by atoms with Crippen molar-refractivity contribution in [1.29, 1.82) is 0 Å². The van der Waals surface area contributed by atoms with Gasteiger partial charge >= 0.3 is 0 Å². The summed E-state index contributed by atoms with van der Waals surface area (Å²) in [7, 11) is -0.828. The lowest BCUT2D eigenvalue weighted by atomic mass is 10.1. The van der Waals surface area contributed by atoms with E-state index in [1.54, 1.807) is 29.7 Å². The SMILES string of the molecule is COc1cccc(OC)c1-n1c(CS(=O)(=O)[C@@H](C)[C@@H](OC(C)C)c2ncc(Cl)cn2)nnc1[C@H]1CCC(C)(C)O1. The summed E-state index contributed by atoms with van der Waals surface area (Å²) in [6.07, 6.45) is 2.73. The van der Waals surface area contributed by atoms with Crippen LogP contribution < -0.4 is 9.47 Å². The highest BCUT2D eigenvalue weighted by Gasteiger charge is 2.39. The average Bonchev–Trinajstić information content (AvgIpc) is 3.48. The van der Waals surface area contributed by atoms with Gasteiger partial charge < -0.3 is 18.9 Å². The van der Waals surface area contributed by atoms with E-state index >= 15 is 0 Å². The number of methoxy groups -OCH3 is 2. The Labute approximate surface area is 240 Å². The molecule has 0 bridgehead atoms. The van der Waals surface area contributed by atoms with Crippen molar-refractivity contribution >= 4 is 21.4 Å². The van der Waals surface area contributed by atoms with Crippen LogP contribution in [0.2, 0.25) is 5.02 Å². The number of halogens is 1. The number of nitrogens with zero attached hydrogens (tertiary/aromatic N) is 5. The van der Waals surface area contributed by atoms with Crippen LogP contribution in [0.25, 0.3) is 5.69 Å². The molecule has 1 fully saturated rings. The molecule has 0 radical (unpaired) electrons. The third kappa shape index (κ3) is 6.40. The van der Waals surface area contributed by atoms with E-state index in [2.05, 4.69) is 20.2 Å². The Morgan fingerprint density at radius 2 is 1.73 bits per heavy atom. The van der Waals surface area contributed by atoms with E-state index in [0.717, 1.165) is 6.42 Å². The van der Waals surface area contributed by atoms with Crippen LogP contribution in [-0.4, -0.2) is 64.3 Å². The number of benzene rings is 1. The van der Waals surface area contributed by atoms with Crippen molar-refractivity contribution in [3.8, 4) is 17.2 Å². The fourth-order valence-corrected chi connectivity index (χ4v) is 6.20. The van der Waals surface area contributed by atoms with Crippen molar-refractivity contribution in [3.05, 3.63) is 53.1 Å². The summed E-state index contributed by atoms with van der Waals surface area (Å²) in [4.78, 5) is 8.48. The van der Waals surface area contributed by atoms with Crippen LogP contribution in [0.1, 0.15) is 77.1 Å². The fraction of sp³-hybridized carbons (Fsp3) is 0.556. The third-order valence-corrected chi connectivity index (χ3v) is 9.01. The summed E-state index contributed by atoms with van der Waals surface area (Å²) in [5.74, 6) is 1.40. The summed E-state index contributed by atoms with van der Waals surface area (Å²) in [5, 5.41) is 8.12. The summed E-state index contributed by atoms with van der Waals surface area (Å²) in [5.41, 5.74) is 0.141. The van der Waals surface area contributed by atoms with Crippen molar-refractivity contribution in [3.63, 3.8) is 0 Å². The normalized spacial score (nSPS) is 18.6. The molecule has 11 nitrogen and oxygen atoms in total. The lowest BCUT2D eigenvalue weighted by Gasteiger charge is -2.25. The monoisotopic (exact) mass is 593 g/mol. The van der Waals surface area contributed by atoms with Gasteiger partial charge in [-0.3, -0.25) is 4.57 Å². The summed E-state index contributed by atoms with van der Waals surface area (Å²) in [6.45, 7) is 9.24. The minimum absolute atomic E-state index is 0.193. The number of hydrogen-bond acceptors (Lipinski definition) is 10. The second-order valence-electron chi connectivity index (χ2n) is 10.6. The Bertz CT molecular complexity index is 1410. The van der Waals surface area contributed by atoms with Crippen LogP contribution in [0, 0.1) is 0 Å². The Hall–Kier alpha value is -2.80. The highest BCUT2D eigenvalue weighted by molar-refractivity contribution is 7.91. The molecule has 2 aromatic heterocycles. The summed E-state index contributed by atoms with van der Waals surface area (Å²) < 4.78 is 53.2. The molecule has 1 saturated heterocycles. The fourth-order valence-electron chi connectivity index (χ4n) is 4.74. The van der Waals surface area contributed by atoms with Crippen molar-refractivity contribution in [2.45, 2.75) is 82.4 Å². The Balaban J connectivity index is 1.80. The topological polar surface area (TPSA) is 128 Å². The minimum Gasteiger partial charge on any atom is -0.494 e. The molecule has 1 aliphatic heterocycles. The molecule has 0 unspecified atom stereocenters. The van der Waals surface area contributed by atoms with Gasteiger partial charge in [-0.05, 0) is 59.6 Å². The smallest absolute Gasteiger partial charge is 0.167 e. The van der Waals surface area contributed by atoms with Gasteiger partial charge in [-0.15, -0.1) is 10.2 Å². The van der Waals surface area contributed by atoms with E-state index in [1.165, 1.54) is 26.6 Å². The first-order valence-corrected chi connectivity index (χ1v) is 15.1. The second-order valence-corrected chi connectivity index (χ2v) is 13.4. The molecule has 1 aliphatic rings. The highest BCUT2D eigenvalue weighted by Crippen LogP contribution is 2.42. The molecule has 4 rings (SSSR count). The molecular formula is C27H36ClN5O6S. The zero-order valence-corrected chi connectivity index (χ0v) is 25.4. The molecular weight excluding hydrogens is 558 g/mol. The third-order valence-electron chi connectivity index (χ3n) is 6.78. The maximum absolute atomic E-state index is 14.0. The van der Waals surface area contributed by atoms with Crippen molar-refractivity contribution in [2.24, 2.45) is 0 Å². The van der Waals surface area contributed by atoms with Crippen LogP contribution >= 0.6 is 11.6 Å². The summed E-state index contributed by atoms with van der Waals surface area (Å²) in [6, 6.07) is 5.33. The van der Waals surface area contributed by atoms with Gasteiger partial charge in [-0.25, -0.2) is 18.4 Å². The van der Waals surface area contributed by atoms with Gasteiger partial charge in [0.25, 0.3) is 0 Å². The average molecular weight is 594 g/mol. The van der Waals surface area contributed by atoms with E-state index in [1.807, 2.05) is 27.7 Å². The molecule has 0 saturated carbocycles. The van der Waals surface area contributed by atoms with Crippen molar-refractivity contribution in [1.82, 2.24) is 24.7 Å². The molecule has 0 N–H and O–H groups in total. The molecule has 0 amide bonds. The molecule has 0 spiro atoms. The van der Waals surface area contributed by atoms with Crippen LogP contribution in [0.4, 0.5) is 0 Å². The standard InChI is InChI=1S/C27H36ClN5O6S/c1-16(2)38-24(25-29-13-18(28)14-30-25)17(3)40(34,35)15-22-31-32-26(21-11-12-27(4,5)39-21)33(22)23-19(36-6)9-8-10-20(23)37-7/h8-10,13-14,16-17,21,24H,11-12,15H2,1-7H3/t17-,21+,24+/m0/s1. The van der Waals surface area contributed by atoms with E-state index in [-0.39, 0.29) is 23.4 Å². The molecule has 3 aromatic rings. The van der Waals surface area contributed by atoms with Gasteiger partial charge in [0.1, 0.15) is 35.1 Å². The number of aromatic nitrogens is 5. The van der Waals surface area contributed by atoms with Gasteiger partial charge in [-0.2, -0.15) is 0 Å². The predicted molar refractivity (Wildman–Crippen MR) is 150 cm³/mol. The van der Waals surface area contributed by atoms with Crippen LogP contribution in [0.3, 0.4) is 0 Å². The number of para-hydroxylation sites is 1. The van der Waals surface area contributed by atoms with E-state index in [9.17, 15) is 8.42 Å². The molecule has 3 atom stereocenters. The molecule has 218 valence electrons. The lowest BCUT2D eigenvalue weighted by Crippen LogP contribution is -2.32. The molecule has 40 heavy (non-hydrogen) atoms. The minimum atomic E-state index is -3.90. The number of hydrogen-bond donors (Lipinski definition) is 0. The summed E-state index contributed by atoms with van der Waals surface area (Å²) >= 11 is 5.96. The zero-order chi connectivity index (χ0) is 29.2. The van der Waals surface area contributed by atoms with Gasteiger partial charge in [0, 0.05) is 12.4 Å². The van der Waals surface area contributed by atoms with Gasteiger partial charge in [0.15, 0.2) is 27.3 Å². The van der Waals surface area contributed by atoms with Gasteiger partial charge in [0.05, 0.1) is 36.2 Å². The Kier molecular flexibility index (Phi) is 9.03. The lowest BCUT2D eigenvalue weighted by molar-refractivity contribution is -0.0207. The predicted octanol–water partition coefficient (Wildman–Crippen LogP) is 4.83. The van der Waals surface area contributed by atoms with Crippen molar-refractivity contribution < 1.29 is 27.4 Å². The number of rotatable bonds is 11. The zero-order valence-electron chi connectivity index (χ0n) is 23.8. The molecule has 1 aromatic carbocycles. The van der Waals surface area contributed by atoms with E-state index in [0.29, 0.717) is 34.5 Å². The first-order chi connectivity index (χ1) is 18.9. The van der Waals surface area contributed by atoms with Crippen LogP contribution in [0.15, 0.2) is 30.6 Å². The Morgan fingerprint density at radius 1 is 1.10 bits per heavy atom. The molecule has 13 heteroatoms. The Morgan fingerprint density at radius 3 is 2.25 bits per heavy atom. The number of sulfone groups is 1.